The van der Waals surface area contributed by atoms with E-state index in [2.05, 4.69) is 6.58 Å². The number of nitrogens with two attached hydrogens (primary N) is 1. The molecule has 0 amide bonds. The third-order valence-corrected chi connectivity index (χ3v) is 1.77. The molecule has 0 spiro atoms. The first-order valence-corrected chi connectivity index (χ1v) is 3.42. The quantitative estimate of drug-likeness (QED) is 0.558. The molecule has 0 saturated carbocycles. The van der Waals surface area contributed by atoms with Gasteiger partial charge in [0.25, 0.3) is 0 Å². The SMILES string of the molecule is C=CCC1=C(N)CCC1. The Labute approximate surface area is 56.2 Å². The van der Waals surface area contributed by atoms with Gasteiger partial charge in [0, 0.05) is 5.70 Å². The molecule has 0 saturated heterocycles. The second-order valence-corrected chi connectivity index (χ2v) is 2.48. The lowest BCUT2D eigenvalue weighted by atomic mass is 10.1. The molecule has 9 heavy (non-hydrogen) atoms. The van der Waals surface area contributed by atoms with Crippen LogP contribution in [0.25, 0.3) is 0 Å². The highest BCUT2D eigenvalue weighted by atomic mass is 14.6. The van der Waals surface area contributed by atoms with Gasteiger partial charge in [0.15, 0.2) is 0 Å². The molecule has 1 aliphatic rings. The Kier molecular flexibility index (Phi) is 1.93. The highest BCUT2D eigenvalue weighted by Crippen LogP contribution is 2.24. The molecule has 0 radical (unpaired) electrons. The lowest BCUT2D eigenvalue weighted by Gasteiger charge is -1.95. The second kappa shape index (κ2) is 2.72. The van der Waals surface area contributed by atoms with Crippen molar-refractivity contribution in [3.8, 4) is 0 Å². The van der Waals surface area contributed by atoms with Crippen molar-refractivity contribution in [2.45, 2.75) is 25.7 Å². The standard InChI is InChI=1S/C8H13N/c1-2-4-7-5-3-6-8(7)9/h2H,1,3-6,9H2. The fraction of sp³-hybridized carbons (Fsp3) is 0.500. The summed E-state index contributed by atoms with van der Waals surface area (Å²) < 4.78 is 0. The summed E-state index contributed by atoms with van der Waals surface area (Å²) in [5, 5.41) is 0. The Bertz CT molecular complexity index is 145. The maximum absolute atomic E-state index is 5.70. The summed E-state index contributed by atoms with van der Waals surface area (Å²) in [5.41, 5.74) is 8.21. The Morgan fingerprint density at radius 1 is 1.56 bits per heavy atom. The molecule has 1 heteroatoms. The van der Waals surface area contributed by atoms with Crippen molar-refractivity contribution in [2.24, 2.45) is 5.73 Å². The van der Waals surface area contributed by atoms with Crippen molar-refractivity contribution < 1.29 is 0 Å². The predicted octanol–water partition coefficient (Wildman–Crippen LogP) is 1.96. The zero-order valence-corrected chi connectivity index (χ0v) is 5.69. The van der Waals surface area contributed by atoms with Gasteiger partial charge in [-0.2, -0.15) is 0 Å². The molecule has 0 aromatic rings. The van der Waals surface area contributed by atoms with Crippen LogP contribution < -0.4 is 5.73 Å². The van der Waals surface area contributed by atoms with Crippen LogP contribution in [0.4, 0.5) is 0 Å². The Hall–Kier alpha value is -0.720. The van der Waals surface area contributed by atoms with Gasteiger partial charge < -0.3 is 5.73 Å². The van der Waals surface area contributed by atoms with Crippen LogP contribution in [0.3, 0.4) is 0 Å². The van der Waals surface area contributed by atoms with Gasteiger partial charge in [-0.1, -0.05) is 6.08 Å². The minimum atomic E-state index is 0.992. The lowest BCUT2D eigenvalue weighted by Crippen LogP contribution is -1.94. The molecule has 0 heterocycles. The molecule has 0 fully saturated rings. The predicted molar refractivity (Wildman–Crippen MR) is 39.9 cm³/mol. The van der Waals surface area contributed by atoms with Crippen molar-refractivity contribution in [1.29, 1.82) is 0 Å². The second-order valence-electron chi connectivity index (χ2n) is 2.48. The summed E-state index contributed by atoms with van der Waals surface area (Å²) in [4.78, 5) is 0. The summed E-state index contributed by atoms with van der Waals surface area (Å²) in [5.74, 6) is 0. The summed E-state index contributed by atoms with van der Waals surface area (Å²) in [7, 11) is 0. The van der Waals surface area contributed by atoms with Gasteiger partial charge in [-0.15, -0.1) is 6.58 Å². The summed E-state index contributed by atoms with van der Waals surface area (Å²) >= 11 is 0. The molecule has 1 nitrogen and oxygen atoms in total. The minimum absolute atomic E-state index is 0.992. The largest absolute Gasteiger partial charge is 0.402 e. The van der Waals surface area contributed by atoms with Crippen LogP contribution in [0.1, 0.15) is 25.7 Å². The molecule has 0 bridgehead atoms. The van der Waals surface area contributed by atoms with Gasteiger partial charge >= 0.3 is 0 Å². The van der Waals surface area contributed by atoms with Gasteiger partial charge in [0.2, 0.25) is 0 Å². The van der Waals surface area contributed by atoms with E-state index in [0.29, 0.717) is 0 Å². The van der Waals surface area contributed by atoms with Gasteiger partial charge in [-0.3, -0.25) is 0 Å². The Morgan fingerprint density at radius 2 is 2.33 bits per heavy atom. The lowest BCUT2D eigenvalue weighted by molar-refractivity contribution is 0.881. The van der Waals surface area contributed by atoms with Gasteiger partial charge in [-0.05, 0) is 31.3 Å². The van der Waals surface area contributed by atoms with E-state index in [-0.39, 0.29) is 0 Å². The van der Waals surface area contributed by atoms with E-state index in [1.807, 2.05) is 6.08 Å². The first-order valence-electron chi connectivity index (χ1n) is 3.42. The van der Waals surface area contributed by atoms with Crippen molar-refractivity contribution >= 4 is 0 Å². The smallest absolute Gasteiger partial charge is 0.00756 e. The molecular formula is C8H13N. The van der Waals surface area contributed by atoms with E-state index < -0.39 is 0 Å². The Morgan fingerprint density at radius 3 is 2.78 bits per heavy atom. The first-order chi connectivity index (χ1) is 4.34. The van der Waals surface area contributed by atoms with Crippen molar-refractivity contribution in [1.82, 2.24) is 0 Å². The number of allylic oxidation sites excluding steroid dienone is 3. The maximum Gasteiger partial charge on any atom is 0.00756 e. The van der Waals surface area contributed by atoms with Crippen LogP contribution in [0.15, 0.2) is 23.9 Å². The number of hydrogen-bond donors (Lipinski definition) is 1. The maximum atomic E-state index is 5.70. The zero-order chi connectivity index (χ0) is 6.69. The zero-order valence-electron chi connectivity index (χ0n) is 5.69. The highest BCUT2D eigenvalue weighted by Gasteiger charge is 2.08. The fourth-order valence-corrected chi connectivity index (χ4v) is 1.24. The summed E-state index contributed by atoms with van der Waals surface area (Å²) in [6.07, 6.45) is 6.45. The first kappa shape index (κ1) is 6.40. The Balaban J connectivity index is 2.54. The minimum Gasteiger partial charge on any atom is -0.402 e. The van der Waals surface area contributed by atoms with E-state index in [1.165, 1.54) is 18.4 Å². The normalized spacial score (nSPS) is 18.7. The van der Waals surface area contributed by atoms with E-state index in [1.54, 1.807) is 0 Å². The van der Waals surface area contributed by atoms with Crippen LogP contribution in [-0.2, 0) is 0 Å². The van der Waals surface area contributed by atoms with E-state index in [4.69, 9.17) is 5.73 Å². The summed E-state index contributed by atoms with van der Waals surface area (Å²) in [6.45, 7) is 3.67. The molecule has 0 aromatic heterocycles. The molecule has 2 N–H and O–H groups in total. The van der Waals surface area contributed by atoms with E-state index in [0.717, 1.165) is 18.5 Å². The van der Waals surface area contributed by atoms with Crippen LogP contribution in [0.2, 0.25) is 0 Å². The van der Waals surface area contributed by atoms with Crippen LogP contribution >= 0.6 is 0 Å². The van der Waals surface area contributed by atoms with Crippen molar-refractivity contribution in [3.63, 3.8) is 0 Å². The molecule has 1 aliphatic carbocycles. The van der Waals surface area contributed by atoms with Gasteiger partial charge in [0.1, 0.15) is 0 Å². The fourth-order valence-electron chi connectivity index (χ4n) is 1.24. The molecule has 0 unspecified atom stereocenters. The molecule has 0 aromatic carbocycles. The molecule has 0 atom stereocenters. The molecular weight excluding hydrogens is 110 g/mol. The van der Waals surface area contributed by atoms with E-state index >= 15 is 0 Å². The van der Waals surface area contributed by atoms with Gasteiger partial charge in [0.05, 0.1) is 0 Å². The topological polar surface area (TPSA) is 26.0 Å². The van der Waals surface area contributed by atoms with Crippen LogP contribution in [0, 0.1) is 0 Å². The third kappa shape index (κ3) is 1.35. The number of hydrogen-bond acceptors (Lipinski definition) is 1. The molecule has 0 aliphatic heterocycles. The van der Waals surface area contributed by atoms with Gasteiger partial charge in [-0.25, -0.2) is 0 Å². The van der Waals surface area contributed by atoms with Crippen molar-refractivity contribution in [2.75, 3.05) is 0 Å². The van der Waals surface area contributed by atoms with Crippen LogP contribution in [0.5, 0.6) is 0 Å². The monoisotopic (exact) mass is 123 g/mol. The highest BCUT2D eigenvalue weighted by molar-refractivity contribution is 5.18. The molecule has 1 rings (SSSR count). The average molecular weight is 123 g/mol. The van der Waals surface area contributed by atoms with Crippen LogP contribution in [-0.4, -0.2) is 0 Å². The van der Waals surface area contributed by atoms with E-state index in [9.17, 15) is 0 Å². The average Bonchev–Trinajstić information content (AvgIpc) is 2.18. The number of rotatable bonds is 2. The molecule has 50 valence electrons. The summed E-state index contributed by atoms with van der Waals surface area (Å²) in [6, 6.07) is 0. The third-order valence-electron chi connectivity index (χ3n) is 1.77. The van der Waals surface area contributed by atoms with Crippen molar-refractivity contribution in [3.05, 3.63) is 23.9 Å².